The average Bonchev–Trinajstić information content (AvgIpc) is 2.46. The summed E-state index contributed by atoms with van der Waals surface area (Å²) in [7, 11) is -1.33. The summed E-state index contributed by atoms with van der Waals surface area (Å²) in [6, 6.07) is 7.62. The van der Waals surface area contributed by atoms with E-state index >= 15 is 0 Å². The van der Waals surface area contributed by atoms with Crippen molar-refractivity contribution in [3.8, 4) is 5.75 Å². The third-order valence-corrected chi connectivity index (χ3v) is 5.92. The van der Waals surface area contributed by atoms with Gasteiger partial charge < -0.3 is 10.5 Å². The SMILES string of the molecule is COc1ccc(C(N)C2CCCC(S(C)(=O)=O)C2)cc1. The van der Waals surface area contributed by atoms with Crippen molar-refractivity contribution in [1.29, 1.82) is 0 Å². The van der Waals surface area contributed by atoms with Gasteiger partial charge in [-0.2, -0.15) is 0 Å². The molecule has 5 heteroatoms. The van der Waals surface area contributed by atoms with Crippen molar-refractivity contribution >= 4 is 9.84 Å². The van der Waals surface area contributed by atoms with Gasteiger partial charge in [0, 0.05) is 12.3 Å². The molecule has 0 aliphatic heterocycles. The van der Waals surface area contributed by atoms with Gasteiger partial charge in [-0.3, -0.25) is 0 Å². The smallest absolute Gasteiger partial charge is 0.150 e. The lowest BCUT2D eigenvalue weighted by atomic mass is 9.81. The van der Waals surface area contributed by atoms with Crippen LogP contribution in [0.2, 0.25) is 0 Å². The van der Waals surface area contributed by atoms with Crippen LogP contribution in [0.5, 0.6) is 5.75 Å². The quantitative estimate of drug-likeness (QED) is 0.926. The Hall–Kier alpha value is -1.07. The lowest BCUT2D eigenvalue weighted by molar-refractivity contribution is 0.308. The van der Waals surface area contributed by atoms with Crippen molar-refractivity contribution in [3.05, 3.63) is 29.8 Å². The maximum absolute atomic E-state index is 11.7. The summed E-state index contributed by atoms with van der Waals surface area (Å²) in [5.74, 6) is 1.04. The summed E-state index contributed by atoms with van der Waals surface area (Å²) < 4.78 is 28.6. The van der Waals surface area contributed by atoms with E-state index in [2.05, 4.69) is 0 Å². The molecule has 0 radical (unpaired) electrons. The molecule has 0 aromatic heterocycles. The monoisotopic (exact) mass is 297 g/mol. The minimum atomic E-state index is -2.96. The van der Waals surface area contributed by atoms with Crippen LogP contribution >= 0.6 is 0 Å². The summed E-state index contributed by atoms with van der Waals surface area (Å²) in [5, 5.41) is -0.231. The molecule has 3 unspecified atom stereocenters. The third kappa shape index (κ3) is 3.52. The molecule has 1 fully saturated rings. The van der Waals surface area contributed by atoms with Crippen LogP contribution in [0.3, 0.4) is 0 Å². The Labute approximate surface area is 121 Å². The fourth-order valence-electron chi connectivity index (χ4n) is 2.99. The number of methoxy groups -OCH3 is 1. The average molecular weight is 297 g/mol. The predicted molar refractivity (Wildman–Crippen MR) is 80.5 cm³/mol. The Morgan fingerprint density at radius 2 is 1.90 bits per heavy atom. The van der Waals surface area contributed by atoms with Gasteiger partial charge in [0.05, 0.1) is 12.4 Å². The van der Waals surface area contributed by atoms with E-state index in [9.17, 15) is 8.42 Å². The van der Waals surface area contributed by atoms with Crippen LogP contribution in [-0.2, 0) is 9.84 Å². The molecule has 3 atom stereocenters. The second-order valence-corrected chi connectivity index (χ2v) is 8.00. The molecule has 0 amide bonds. The molecule has 1 aliphatic rings. The van der Waals surface area contributed by atoms with Crippen LogP contribution in [0.1, 0.15) is 37.3 Å². The lowest BCUT2D eigenvalue weighted by Gasteiger charge is -2.32. The highest BCUT2D eigenvalue weighted by molar-refractivity contribution is 7.91. The first-order chi connectivity index (χ1) is 9.41. The van der Waals surface area contributed by atoms with Crippen LogP contribution < -0.4 is 10.5 Å². The standard InChI is InChI=1S/C15H23NO3S/c1-19-13-8-6-11(7-9-13)15(16)12-4-3-5-14(10-12)20(2,17)18/h6-9,12,14-15H,3-5,10,16H2,1-2H3. The molecule has 1 aromatic rings. The normalized spacial score (nSPS) is 25.1. The van der Waals surface area contributed by atoms with E-state index in [-0.39, 0.29) is 17.2 Å². The van der Waals surface area contributed by atoms with E-state index in [1.54, 1.807) is 7.11 Å². The summed E-state index contributed by atoms with van der Waals surface area (Å²) >= 11 is 0. The van der Waals surface area contributed by atoms with Crippen LogP contribution in [0, 0.1) is 5.92 Å². The summed E-state index contributed by atoms with van der Waals surface area (Å²) in [6.07, 6.45) is 4.71. The number of nitrogens with two attached hydrogens (primary N) is 1. The molecule has 1 aromatic carbocycles. The van der Waals surface area contributed by atoms with Crippen LogP contribution in [0.4, 0.5) is 0 Å². The van der Waals surface area contributed by atoms with Crippen molar-refractivity contribution in [3.63, 3.8) is 0 Å². The number of hydrogen-bond donors (Lipinski definition) is 1. The first kappa shape index (κ1) is 15.3. The predicted octanol–water partition coefficient (Wildman–Crippen LogP) is 2.30. The Morgan fingerprint density at radius 3 is 2.45 bits per heavy atom. The van der Waals surface area contributed by atoms with Crippen LogP contribution in [-0.4, -0.2) is 27.0 Å². The van der Waals surface area contributed by atoms with Crippen LogP contribution in [0.15, 0.2) is 24.3 Å². The number of benzene rings is 1. The third-order valence-electron chi connectivity index (χ3n) is 4.28. The number of hydrogen-bond acceptors (Lipinski definition) is 4. The molecule has 1 saturated carbocycles. The van der Waals surface area contributed by atoms with E-state index in [1.807, 2.05) is 24.3 Å². The van der Waals surface area contributed by atoms with E-state index in [4.69, 9.17) is 10.5 Å². The second-order valence-electron chi connectivity index (χ2n) is 5.68. The van der Waals surface area contributed by atoms with Gasteiger partial charge in [-0.05, 0) is 42.9 Å². The number of rotatable bonds is 4. The lowest BCUT2D eigenvalue weighted by Crippen LogP contribution is -2.32. The molecule has 0 bridgehead atoms. The van der Waals surface area contributed by atoms with Crippen molar-refractivity contribution in [1.82, 2.24) is 0 Å². The van der Waals surface area contributed by atoms with Gasteiger partial charge in [0.2, 0.25) is 0 Å². The van der Waals surface area contributed by atoms with Gasteiger partial charge in [0.1, 0.15) is 15.6 Å². The molecule has 4 nitrogen and oxygen atoms in total. The maximum atomic E-state index is 11.7. The number of ether oxygens (including phenoxy) is 1. The molecule has 112 valence electrons. The molecule has 0 heterocycles. The Bertz CT molecular complexity index is 539. The Balaban J connectivity index is 2.09. The zero-order valence-electron chi connectivity index (χ0n) is 12.1. The Kier molecular flexibility index (Phi) is 4.70. The van der Waals surface area contributed by atoms with Crippen molar-refractivity contribution in [2.75, 3.05) is 13.4 Å². The molecule has 0 saturated heterocycles. The fourth-order valence-corrected chi connectivity index (χ4v) is 4.19. The highest BCUT2D eigenvalue weighted by Crippen LogP contribution is 2.35. The second kappa shape index (κ2) is 6.14. The van der Waals surface area contributed by atoms with Crippen LogP contribution in [0.25, 0.3) is 0 Å². The van der Waals surface area contributed by atoms with E-state index in [0.717, 1.165) is 30.6 Å². The van der Waals surface area contributed by atoms with Crippen molar-refractivity contribution in [2.24, 2.45) is 11.7 Å². The molecular weight excluding hydrogens is 274 g/mol. The van der Waals surface area contributed by atoms with Gasteiger partial charge in [0.25, 0.3) is 0 Å². The zero-order chi connectivity index (χ0) is 14.8. The summed E-state index contributed by atoms with van der Waals surface area (Å²) in [6.45, 7) is 0. The first-order valence-corrected chi connectivity index (χ1v) is 8.95. The zero-order valence-corrected chi connectivity index (χ0v) is 12.9. The molecule has 0 spiro atoms. The van der Waals surface area contributed by atoms with Crippen molar-refractivity contribution in [2.45, 2.75) is 37.0 Å². The highest BCUT2D eigenvalue weighted by Gasteiger charge is 2.32. The largest absolute Gasteiger partial charge is 0.497 e. The van der Waals surface area contributed by atoms with Gasteiger partial charge in [0.15, 0.2) is 0 Å². The molecule has 20 heavy (non-hydrogen) atoms. The summed E-state index contributed by atoms with van der Waals surface area (Å²) in [5.41, 5.74) is 7.38. The fraction of sp³-hybridized carbons (Fsp3) is 0.600. The topological polar surface area (TPSA) is 69.4 Å². The van der Waals surface area contributed by atoms with E-state index < -0.39 is 9.84 Å². The first-order valence-electron chi connectivity index (χ1n) is 7.00. The highest BCUT2D eigenvalue weighted by atomic mass is 32.2. The van der Waals surface area contributed by atoms with Gasteiger partial charge in [-0.1, -0.05) is 18.6 Å². The van der Waals surface area contributed by atoms with Gasteiger partial charge >= 0.3 is 0 Å². The van der Waals surface area contributed by atoms with Gasteiger partial charge in [-0.25, -0.2) is 8.42 Å². The molecule has 1 aliphatic carbocycles. The molecule has 2 N–H and O–H groups in total. The Morgan fingerprint density at radius 1 is 1.25 bits per heavy atom. The van der Waals surface area contributed by atoms with Crippen molar-refractivity contribution < 1.29 is 13.2 Å². The minimum Gasteiger partial charge on any atom is -0.497 e. The number of sulfone groups is 1. The minimum absolute atomic E-state index is 0.106. The summed E-state index contributed by atoms with van der Waals surface area (Å²) in [4.78, 5) is 0. The molecule has 2 rings (SSSR count). The van der Waals surface area contributed by atoms with E-state index in [0.29, 0.717) is 6.42 Å². The van der Waals surface area contributed by atoms with E-state index in [1.165, 1.54) is 6.26 Å². The molecular formula is C15H23NO3S. The van der Waals surface area contributed by atoms with Gasteiger partial charge in [-0.15, -0.1) is 0 Å². The maximum Gasteiger partial charge on any atom is 0.150 e.